The van der Waals surface area contributed by atoms with Gasteiger partial charge in [0.15, 0.2) is 5.13 Å². The molecule has 114 valence electrons. The normalized spacial score (nSPS) is 22.5. The Morgan fingerprint density at radius 2 is 2.38 bits per heavy atom. The number of urea groups is 1. The molecule has 2 aliphatic heterocycles. The molecule has 1 atom stereocenters. The maximum atomic E-state index is 12.2. The van der Waals surface area contributed by atoms with Crippen LogP contribution in [0.4, 0.5) is 9.93 Å². The van der Waals surface area contributed by atoms with E-state index in [1.807, 2.05) is 5.38 Å². The summed E-state index contributed by atoms with van der Waals surface area (Å²) in [5.41, 5.74) is 6.54. The van der Waals surface area contributed by atoms with E-state index in [1.165, 1.54) is 11.3 Å². The number of thiazole rings is 1. The first-order valence-electron chi connectivity index (χ1n) is 7.16. The Hall–Kier alpha value is -1.67. The molecule has 0 radical (unpaired) electrons. The van der Waals surface area contributed by atoms with Crippen molar-refractivity contribution in [2.45, 2.75) is 25.3 Å². The number of rotatable bonds is 3. The summed E-state index contributed by atoms with van der Waals surface area (Å²) in [5, 5.41) is 5.31. The van der Waals surface area contributed by atoms with Gasteiger partial charge in [0.05, 0.1) is 12.1 Å². The van der Waals surface area contributed by atoms with Gasteiger partial charge < -0.3 is 16.0 Å². The molecule has 3 rings (SSSR count). The zero-order valence-corrected chi connectivity index (χ0v) is 12.6. The van der Waals surface area contributed by atoms with Crippen molar-refractivity contribution >= 4 is 28.4 Å². The Morgan fingerprint density at radius 1 is 1.52 bits per heavy atom. The van der Waals surface area contributed by atoms with Crippen LogP contribution in [0.25, 0.3) is 0 Å². The molecule has 0 aromatic carbocycles. The Morgan fingerprint density at radius 3 is 3.10 bits per heavy atom. The molecular formula is C13H19N5O2S. The van der Waals surface area contributed by atoms with E-state index in [9.17, 15) is 9.59 Å². The summed E-state index contributed by atoms with van der Waals surface area (Å²) in [6.45, 7) is 2.74. The number of likely N-dealkylation sites (tertiary alicyclic amines) is 1. The van der Waals surface area contributed by atoms with Crippen molar-refractivity contribution < 1.29 is 9.59 Å². The molecule has 2 aliphatic rings. The van der Waals surface area contributed by atoms with Gasteiger partial charge >= 0.3 is 6.03 Å². The lowest BCUT2D eigenvalue weighted by Crippen LogP contribution is -2.46. The Labute approximate surface area is 127 Å². The summed E-state index contributed by atoms with van der Waals surface area (Å²) >= 11 is 1.40. The number of anilines is 1. The quantitative estimate of drug-likeness (QED) is 0.832. The van der Waals surface area contributed by atoms with Crippen LogP contribution < -0.4 is 16.0 Å². The van der Waals surface area contributed by atoms with Gasteiger partial charge in [-0.25, -0.2) is 9.78 Å². The van der Waals surface area contributed by atoms with E-state index >= 15 is 0 Å². The second kappa shape index (κ2) is 5.98. The zero-order valence-electron chi connectivity index (χ0n) is 11.7. The van der Waals surface area contributed by atoms with E-state index in [1.54, 1.807) is 9.80 Å². The van der Waals surface area contributed by atoms with Crippen LogP contribution in [0, 0.1) is 0 Å². The molecule has 3 amide bonds. The van der Waals surface area contributed by atoms with Crippen LogP contribution in [0.5, 0.6) is 0 Å². The highest BCUT2D eigenvalue weighted by Gasteiger charge is 2.25. The summed E-state index contributed by atoms with van der Waals surface area (Å²) in [7, 11) is 0. The van der Waals surface area contributed by atoms with Crippen LogP contribution in [-0.2, 0) is 11.2 Å². The molecule has 2 fully saturated rings. The highest BCUT2D eigenvalue weighted by atomic mass is 32.1. The maximum absolute atomic E-state index is 12.2. The Bertz CT molecular complexity index is 546. The Balaban J connectivity index is 1.62. The smallest absolute Gasteiger partial charge is 0.323 e. The van der Waals surface area contributed by atoms with Crippen LogP contribution in [0.3, 0.4) is 0 Å². The molecule has 3 N–H and O–H groups in total. The van der Waals surface area contributed by atoms with Gasteiger partial charge in [-0.05, 0) is 12.8 Å². The van der Waals surface area contributed by atoms with Crippen molar-refractivity contribution in [1.29, 1.82) is 0 Å². The average Bonchev–Trinajstić information content (AvgIpc) is 3.08. The van der Waals surface area contributed by atoms with Crippen molar-refractivity contribution in [2.75, 3.05) is 31.1 Å². The fourth-order valence-electron chi connectivity index (χ4n) is 2.59. The number of carbonyl (C=O) groups is 2. The van der Waals surface area contributed by atoms with Crippen LogP contribution >= 0.6 is 11.3 Å². The van der Waals surface area contributed by atoms with Gasteiger partial charge in [-0.15, -0.1) is 11.3 Å². The number of aromatic nitrogens is 1. The molecule has 1 aromatic heterocycles. The number of nitrogens with two attached hydrogens (primary N) is 1. The molecule has 0 unspecified atom stereocenters. The third-order valence-electron chi connectivity index (χ3n) is 3.76. The van der Waals surface area contributed by atoms with Crippen LogP contribution in [0.1, 0.15) is 18.5 Å². The van der Waals surface area contributed by atoms with Gasteiger partial charge in [-0.1, -0.05) is 0 Å². The second-order valence-corrected chi connectivity index (χ2v) is 6.26. The third kappa shape index (κ3) is 3.16. The summed E-state index contributed by atoms with van der Waals surface area (Å²) in [6, 6.07) is -0.0176. The van der Waals surface area contributed by atoms with E-state index in [0.29, 0.717) is 24.8 Å². The summed E-state index contributed by atoms with van der Waals surface area (Å²) in [6.07, 6.45) is 2.05. The van der Waals surface area contributed by atoms with Gasteiger partial charge in [0, 0.05) is 37.6 Å². The van der Waals surface area contributed by atoms with Crippen molar-refractivity contribution in [1.82, 2.24) is 15.2 Å². The molecule has 0 saturated carbocycles. The average molecular weight is 309 g/mol. The van der Waals surface area contributed by atoms with Crippen molar-refractivity contribution in [3.05, 3.63) is 11.1 Å². The molecule has 21 heavy (non-hydrogen) atoms. The fourth-order valence-corrected chi connectivity index (χ4v) is 3.44. The topological polar surface area (TPSA) is 91.6 Å². The number of hydrogen-bond donors (Lipinski definition) is 2. The molecule has 2 saturated heterocycles. The lowest BCUT2D eigenvalue weighted by molar-refractivity contribution is -0.129. The molecule has 0 aliphatic carbocycles. The van der Waals surface area contributed by atoms with Crippen molar-refractivity contribution in [2.24, 2.45) is 5.73 Å². The van der Waals surface area contributed by atoms with Gasteiger partial charge in [-0.3, -0.25) is 9.69 Å². The van der Waals surface area contributed by atoms with Crippen LogP contribution in [0.15, 0.2) is 5.38 Å². The van der Waals surface area contributed by atoms with Gasteiger partial charge in [0.1, 0.15) is 0 Å². The zero-order chi connectivity index (χ0) is 14.8. The molecular weight excluding hydrogens is 290 g/mol. The molecule has 8 heteroatoms. The second-order valence-electron chi connectivity index (χ2n) is 5.42. The first-order valence-corrected chi connectivity index (χ1v) is 8.04. The van der Waals surface area contributed by atoms with E-state index in [2.05, 4.69) is 10.3 Å². The Kier molecular flexibility index (Phi) is 4.07. The van der Waals surface area contributed by atoms with E-state index in [0.717, 1.165) is 25.1 Å². The SMILES string of the molecule is N[C@@H]1CCN(C(=O)Cc2csc(N3CCCNC3=O)n2)C1. The largest absolute Gasteiger partial charge is 0.341 e. The number of nitrogens with zero attached hydrogens (tertiary/aromatic N) is 3. The number of amides is 3. The lowest BCUT2D eigenvalue weighted by Gasteiger charge is -2.24. The summed E-state index contributed by atoms with van der Waals surface area (Å²) in [5.74, 6) is 0.0582. The first-order chi connectivity index (χ1) is 10.1. The minimum Gasteiger partial charge on any atom is -0.341 e. The van der Waals surface area contributed by atoms with Gasteiger partial charge in [0.25, 0.3) is 0 Å². The maximum Gasteiger partial charge on any atom is 0.323 e. The minimum atomic E-state index is -0.112. The van der Waals surface area contributed by atoms with E-state index < -0.39 is 0 Å². The summed E-state index contributed by atoms with van der Waals surface area (Å²) < 4.78 is 0. The highest BCUT2D eigenvalue weighted by molar-refractivity contribution is 7.14. The van der Waals surface area contributed by atoms with Crippen LogP contribution in [0.2, 0.25) is 0 Å². The first kappa shape index (κ1) is 14.3. The number of carbonyl (C=O) groups excluding carboxylic acids is 2. The molecule has 7 nitrogen and oxygen atoms in total. The highest BCUT2D eigenvalue weighted by Crippen LogP contribution is 2.23. The van der Waals surface area contributed by atoms with E-state index in [4.69, 9.17) is 5.73 Å². The monoisotopic (exact) mass is 309 g/mol. The molecule has 3 heterocycles. The minimum absolute atomic E-state index is 0.0582. The third-order valence-corrected chi connectivity index (χ3v) is 4.67. The standard InChI is InChI=1S/C13H19N5O2S/c14-9-2-5-17(7-9)11(19)6-10-8-21-13(16-10)18-4-1-3-15-12(18)20/h8-9H,1-7,14H2,(H,15,20)/t9-/m1/s1. The lowest BCUT2D eigenvalue weighted by atomic mass is 10.3. The number of nitrogens with one attached hydrogen (secondary N) is 1. The van der Waals surface area contributed by atoms with Gasteiger partial charge in [-0.2, -0.15) is 0 Å². The summed E-state index contributed by atoms with van der Waals surface area (Å²) in [4.78, 5) is 31.8. The molecule has 0 bridgehead atoms. The molecule has 1 aromatic rings. The predicted octanol–water partition coefficient (Wildman–Crippen LogP) is 0.165. The van der Waals surface area contributed by atoms with Crippen LogP contribution in [-0.4, -0.2) is 54.0 Å². The predicted molar refractivity (Wildman–Crippen MR) is 80.4 cm³/mol. The van der Waals surface area contributed by atoms with Crippen molar-refractivity contribution in [3.8, 4) is 0 Å². The van der Waals surface area contributed by atoms with E-state index in [-0.39, 0.29) is 24.4 Å². The van der Waals surface area contributed by atoms with Gasteiger partial charge in [0.2, 0.25) is 5.91 Å². The number of hydrogen-bond acceptors (Lipinski definition) is 5. The fraction of sp³-hybridized carbons (Fsp3) is 0.615. The molecule has 0 spiro atoms. The van der Waals surface area contributed by atoms with Crippen molar-refractivity contribution in [3.63, 3.8) is 0 Å².